The molecule has 2 aliphatic rings. The van der Waals surface area contributed by atoms with Crippen molar-refractivity contribution in [2.24, 2.45) is 22.6 Å². The number of hydrogen-bond acceptors (Lipinski definition) is 4. The molecule has 0 radical (unpaired) electrons. The van der Waals surface area contributed by atoms with Crippen molar-refractivity contribution in [3.05, 3.63) is 30.3 Å². The zero-order valence-electron chi connectivity index (χ0n) is 19.0. The monoisotopic (exact) mass is 445 g/mol. The van der Waals surface area contributed by atoms with E-state index in [1.165, 1.54) is 17.1 Å². The molecule has 0 bridgehead atoms. The molecule has 1 aromatic rings. The van der Waals surface area contributed by atoms with Crippen LogP contribution in [0.4, 0.5) is 0 Å². The van der Waals surface area contributed by atoms with Gasteiger partial charge in [-0.2, -0.15) is 0 Å². The van der Waals surface area contributed by atoms with Gasteiger partial charge in [0.15, 0.2) is 5.96 Å². The lowest BCUT2D eigenvalue weighted by Crippen LogP contribution is -2.40. The first-order valence-corrected chi connectivity index (χ1v) is 12.9. The van der Waals surface area contributed by atoms with Crippen LogP contribution in [0.1, 0.15) is 39.0 Å². The van der Waals surface area contributed by atoms with Gasteiger partial charge in [0.05, 0.1) is 0 Å². The number of piperidine rings is 1. The second-order valence-electron chi connectivity index (χ2n) is 8.69. The average molecular weight is 446 g/mol. The summed E-state index contributed by atoms with van der Waals surface area (Å²) in [6.45, 7) is 9.21. The first-order chi connectivity index (χ1) is 15.2. The number of nitrogens with zero attached hydrogens (tertiary/aromatic N) is 3. The van der Waals surface area contributed by atoms with Crippen LogP contribution in [0.15, 0.2) is 40.2 Å². The third kappa shape index (κ3) is 8.04. The second kappa shape index (κ2) is 13.0. The van der Waals surface area contributed by atoms with E-state index in [2.05, 4.69) is 52.4 Å². The molecule has 172 valence electrons. The molecule has 0 aliphatic carbocycles. The molecule has 7 heteroatoms. The van der Waals surface area contributed by atoms with Gasteiger partial charge >= 0.3 is 0 Å². The number of rotatable bonds is 10. The van der Waals surface area contributed by atoms with Crippen LogP contribution in [-0.4, -0.2) is 73.2 Å². The molecule has 1 aromatic carbocycles. The first-order valence-electron chi connectivity index (χ1n) is 11.9. The molecule has 6 nitrogen and oxygen atoms in total. The van der Waals surface area contributed by atoms with E-state index in [4.69, 9.17) is 10.7 Å². The molecule has 31 heavy (non-hydrogen) atoms. The Hall–Kier alpha value is -1.73. The molecule has 1 amide bonds. The van der Waals surface area contributed by atoms with Gasteiger partial charge in [-0.3, -0.25) is 9.79 Å². The van der Waals surface area contributed by atoms with Crippen molar-refractivity contribution in [1.82, 2.24) is 15.1 Å². The van der Waals surface area contributed by atoms with Crippen LogP contribution in [0.2, 0.25) is 0 Å². The molecule has 3 rings (SSSR count). The molecule has 2 fully saturated rings. The van der Waals surface area contributed by atoms with Gasteiger partial charge in [0.25, 0.3) is 0 Å². The van der Waals surface area contributed by atoms with Gasteiger partial charge in [-0.1, -0.05) is 18.2 Å². The summed E-state index contributed by atoms with van der Waals surface area (Å²) in [5.74, 6) is 2.92. The number of benzene rings is 1. The quantitative estimate of drug-likeness (QED) is 0.251. The molecule has 0 saturated carbocycles. The van der Waals surface area contributed by atoms with E-state index in [-0.39, 0.29) is 11.8 Å². The molecule has 0 aromatic heterocycles. The van der Waals surface area contributed by atoms with Gasteiger partial charge in [0.1, 0.15) is 0 Å². The molecule has 2 heterocycles. The lowest BCUT2D eigenvalue weighted by Gasteiger charge is -2.30. The maximum atomic E-state index is 11.3. The molecular weight excluding hydrogens is 406 g/mol. The number of aliphatic imine (C=N–C) groups is 1. The summed E-state index contributed by atoms with van der Waals surface area (Å²) in [4.78, 5) is 22.5. The minimum Gasteiger partial charge on any atom is -0.369 e. The van der Waals surface area contributed by atoms with Crippen LogP contribution in [0, 0.1) is 11.8 Å². The standard InChI is InChI=1S/C24H39N5OS/c1-2-26-24(27-13-6-7-14-28-15-11-21(12-16-28)23(25)30)29-17-10-20(18-29)19-31-22-8-4-3-5-9-22/h3-5,8-9,20-21H,2,6-7,10-19H2,1H3,(H2,25,30)(H,26,27). The average Bonchev–Trinajstić information content (AvgIpc) is 3.27. The summed E-state index contributed by atoms with van der Waals surface area (Å²) in [7, 11) is 0. The number of amides is 1. The number of nitrogens with two attached hydrogens (primary N) is 1. The Kier molecular flexibility index (Phi) is 10.0. The van der Waals surface area contributed by atoms with E-state index in [1.807, 2.05) is 11.8 Å². The van der Waals surface area contributed by atoms with Crippen molar-refractivity contribution in [3.8, 4) is 0 Å². The maximum Gasteiger partial charge on any atom is 0.220 e. The zero-order chi connectivity index (χ0) is 21.9. The fraction of sp³-hybridized carbons (Fsp3) is 0.667. The van der Waals surface area contributed by atoms with Crippen LogP contribution < -0.4 is 11.1 Å². The van der Waals surface area contributed by atoms with Crippen molar-refractivity contribution < 1.29 is 4.79 Å². The minimum atomic E-state index is -0.132. The van der Waals surface area contributed by atoms with Gasteiger partial charge in [0.2, 0.25) is 5.91 Å². The van der Waals surface area contributed by atoms with Crippen molar-refractivity contribution in [2.45, 2.75) is 43.9 Å². The molecule has 1 unspecified atom stereocenters. The smallest absolute Gasteiger partial charge is 0.220 e. The number of primary amides is 1. The fourth-order valence-corrected chi connectivity index (χ4v) is 5.44. The van der Waals surface area contributed by atoms with E-state index in [0.717, 1.165) is 83.4 Å². The van der Waals surface area contributed by atoms with Crippen molar-refractivity contribution in [2.75, 3.05) is 51.6 Å². The lowest BCUT2D eigenvalue weighted by molar-refractivity contribution is -0.123. The van der Waals surface area contributed by atoms with Crippen LogP contribution in [0.5, 0.6) is 0 Å². The number of unbranched alkanes of at least 4 members (excludes halogenated alkanes) is 1. The lowest BCUT2D eigenvalue weighted by atomic mass is 9.96. The van der Waals surface area contributed by atoms with E-state index in [1.54, 1.807) is 0 Å². The summed E-state index contributed by atoms with van der Waals surface area (Å²) < 4.78 is 0. The molecule has 2 aliphatic heterocycles. The highest BCUT2D eigenvalue weighted by Crippen LogP contribution is 2.26. The third-order valence-corrected chi connectivity index (χ3v) is 7.53. The Balaban J connectivity index is 1.34. The molecule has 0 spiro atoms. The van der Waals surface area contributed by atoms with Gasteiger partial charge < -0.3 is 20.9 Å². The Labute approximate surface area is 192 Å². The van der Waals surface area contributed by atoms with E-state index in [0.29, 0.717) is 0 Å². The third-order valence-electron chi connectivity index (χ3n) is 6.28. The number of carbonyl (C=O) groups is 1. The highest BCUT2D eigenvalue weighted by Gasteiger charge is 2.25. The maximum absolute atomic E-state index is 11.3. The number of nitrogens with one attached hydrogen (secondary N) is 1. The van der Waals surface area contributed by atoms with E-state index in [9.17, 15) is 4.79 Å². The minimum absolute atomic E-state index is 0.0823. The summed E-state index contributed by atoms with van der Waals surface area (Å²) >= 11 is 1.97. The summed E-state index contributed by atoms with van der Waals surface area (Å²) in [5.41, 5.74) is 5.43. The predicted molar refractivity (Wildman–Crippen MR) is 130 cm³/mol. The largest absolute Gasteiger partial charge is 0.369 e. The highest BCUT2D eigenvalue weighted by atomic mass is 32.2. The van der Waals surface area contributed by atoms with Gasteiger partial charge in [0, 0.05) is 42.7 Å². The van der Waals surface area contributed by atoms with Gasteiger partial charge in [-0.25, -0.2) is 0 Å². The predicted octanol–water partition coefficient (Wildman–Crippen LogP) is 3.04. The molecular formula is C24H39N5OS. The molecule has 3 N–H and O–H groups in total. The first kappa shape index (κ1) is 23.9. The van der Waals surface area contributed by atoms with Crippen molar-refractivity contribution in [1.29, 1.82) is 0 Å². The Morgan fingerprint density at radius 2 is 1.94 bits per heavy atom. The Morgan fingerprint density at radius 3 is 2.65 bits per heavy atom. The number of guanidine groups is 1. The second-order valence-corrected chi connectivity index (χ2v) is 9.78. The molecule has 1 atom stereocenters. The SMILES string of the molecule is CCNC(=NCCCCN1CCC(C(N)=O)CC1)N1CCC(CSc2ccccc2)C1. The zero-order valence-corrected chi connectivity index (χ0v) is 19.8. The number of likely N-dealkylation sites (tertiary alicyclic amines) is 2. The summed E-state index contributed by atoms with van der Waals surface area (Å²) in [6, 6.07) is 10.7. The summed E-state index contributed by atoms with van der Waals surface area (Å²) in [6.07, 6.45) is 5.32. The highest BCUT2D eigenvalue weighted by molar-refractivity contribution is 7.99. The Morgan fingerprint density at radius 1 is 1.16 bits per heavy atom. The van der Waals surface area contributed by atoms with Crippen LogP contribution in [0.25, 0.3) is 0 Å². The van der Waals surface area contributed by atoms with Gasteiger partial charge in [-0.15, -0.1) is 11.8 Å². The number of thioether (sulfide) groups is 1. The fourth-order valence-electron chi connectivity index (χ4n) is 4.39. The van der Waals surface area contributed by atoms with Gasteiger partial charge in [-0.05, 0) is 76.7 Å². The number of carbonyl (C=O) groups excluding carboxylic acids is 1. The van der Waals surface area contributed by atoms with Crippen molar-refractivity contribution >= 4 is 23.6 Å². The Bertz CT molecular complexity index is 690. The van der Waals surface area contributed by atoms with Crippen molar-refractivity contribution in [3.63, 3.8) is 0 Å². The van der Waals surface area contributed by atoms with Crippen LogP contribution in [0.3, 0.4) is 0 Å². The summed E-state index contributed by atoms with van der Waals surface area (Å²) in [5, 5.41) is 3.49. The topological polar surface area (TPSA) is 74.0 Å². The molecule has 2 saturated heterocycles. The normalized spacial score (nSPS) is 20.9. The van der Waals surface area contributed by atoms with E-state index >= 15 is 0 Å². The van der Waals surface area contributed by atoms with Crippen LogP contribution in [-0.2, 0) is 4.79 Å². The number of hydrogen-bond donors (Lipinski definition) is 2. The van der Waals surface area contributed by atoms with E-state index < -0.39 is 0 Å². The van der Waals surface area contributed by atoms with Crippen LogP contribution >= 0.6 is 11.8 Å².